The van der Waals surface area contributed by atoms with Crippen LogP contribution in [0.15, 0.2) is 36.4 Å². The average molecular weight is 470 g/mol. The highest BCUT2D eigenvalue weighted by atomic mass is 19.4. The first-order valence-electron chi connectivity index (χ1n) is 10.3. The van der Waals surface area contributed by atoms with E-state index in [1.54, 1.807) is 18.0 Å². The van der Waals surface area contributed by atoms with E-state index in [4.69, 9.17) is 15.3 Å². The Balaban J connectivity index is 0.000000578. The zero-order valence-corrected chi connectivity index (χ0v) is 18.7. The Morgan fingerprint density at radius 1 is 1.27 bits per heavy atom. The van der Waals surface area contributed by atoms with Crippen LogP contribution in [0.5, 0.6) is 11.5 Å². The topological polar surface area (TPSA) is 106 Å². The van der Waals surface area contributed by atoms with Gasteiger partial charge in [-0.2, -0.15) is 13.2 Å². The van der Waals surface area contributed by atoms with Crippen LogP contribution in [-0.2, 0) is 22.3 Å². The number of nitrogens with zero attached hydrogens (tertiary/aromatic N) is 2. The van der Waals surface area contributed by atoms with Crippen molar-refractivity contribution in [3.63, 3.8) is 0 Å². The molecular formula is C23H30F3N3O4. The van der Waals surface area contributed by atoms with Gasteiger partial charge in [-0.15, -0.1) is 0 Å². The largest absolute Gasteiger partial charge is 0.508 e. The number of anilines is 1. The van der Waals surface area contributed by atoms with Crippen LogP contribution in [0.4, 0.5) is 18.9 Å². The van der Waals surface area contributed by atoms with Crippen molar-refractivity contribution in [1.82, 2.24) is 4.98 Å². The van der Waals surface area contributed by atoms with E-state index < -0.39 is 18.0 Å². The lowest BCUT2D eigenvalue weighted by atomic mass is 10.2. The number of rotatable bonds is 6. The number of aromatic hydroxyl groups is 1. The van der Waals surface area contributed by atoms with Crippen molar-refractivity contribution in [2.45, 2.75) is 57.5 Å². The maximum Gasteiger partial charge on any atom is 0.433 e. The van der Waals surface area contributed by atoms with Crippen molar-refractivity contribution in [1.29, 1.82) is 0 Å². The molecule has 1 unspecified atom stereocenters. The lowest BCUT2D eigenvalue weighted by Gasteiger charge is -2.23. The summed E-state index contributed by atoms with van der Waals surface area (Å²) in [5, 5.41) is 9.60. The number of phenolic OH excluding ortho intramolecular Hbond substituents is 1. The molecule has 0 spiro atoms. The summed E-state index contributed by atoms with van der Waals surface area (Å²) in [6.45, 7) is 3.62. The molecule has 7 nitrogen and oxygen atoms in total. The molecule has 1 saturated carbocycles. The summed E-state index contributed by atoms with van der Waals surface area (Å²) < 4.78 is 43.7. The van der Waals surface area contributed by atoms with Gasteiger partial charge in [0, 0.05) is 19.2 Å². The number of halogens is 3. The van der Waals surface area contributed by atoms with Gasteiger partial charge in [-0.3, -0.25) is 4.79 Å². The number of nitrogens with two attached hydrogens (primary N) is 1. The quantitative estimate of drug-likeness (QED) is 0.613. The number of phenols is 1. The van der Waals surface area contributed by atoms with Crippen LogP contribution in [-0.4, -0.2) is 42.4 Å². The normalized spacial score (nSPS) is 14.2. The van der Waals surface area contributed by atoms with Crippen molar-refractivity contribution in [3.05, 3.63) is 47.8 Å². The number of carbonyl (C=O) groups is 2. The number of hydrogen-bond acceptors (Lipinski definition) is 7. The van der Waals surface area contributed by atoms with E-state index in [0.29, 0.717) is 18.0 Å². The third-order valence-corrected chi connectivity index (χ3v) is 4.76. The second-order valence-electron chi connectivity index (χ2n) is 7.52. The summed E-state index contributed by atoms with van der Waals surface area (Å²) in [5.41, 5.74) is 5.30. The molecule has 1 aromatic heterocycles. The molecule has 182 valence electrons. The molecule has 0 bridgehead atoms. The highest BCUT2D eigenvalue weighted by molar-refractivity contribution is 5.63. The van der Waals surface area contributed by atoms with Crippen LogP contribution in [0.25, 0.3) is 0 Å². The fraction of sp³-hybridized carbons (Fsp3) is 0.435. The first-order chi connectivity index (χ1) is 15.6. The van der Waals surface area contributed by atoms with Crippen LogP contribution in [0.2, 0.25) is 0 Å². The van der Waals surface area contributed by atoms with Gasteiger partial charge >= 0.3 is 6.18 Å². The molecular weight excluding hydrogens is 439 g/mol. The number of alkyl halides is 3. The molecule has 3 rings (SSSR count). The summed E-state index contributed by atoms with van der Waals surface area (Å²) in [6.07, 6.45) is 0.603. The van der Waals surface area contributed by atoms with Gasteiger partial charge in [0.1, 0.15) is 24.0 Å². The summed E-state index contributed by atoms with van der Waals surface area (Å²) in [5.74, 6) is 0.191. The lowest BCUT2D eigenvalue weighted by Crippen LogP contribution is -2.21. The van der Waals surface area contributed by atoms with E-state index >= 15 is 0 Å². The van der Waals surface area contributed by atoms with Crippen LogP contribution in [0.3, 0.4) is 0 Å². The van der Waals surface area contributed by atoms with Crippen molar-refractivity contribution in [2.75, 3.05) is 11.9 Å². The minimum Gasteiger partial charge on any atom is -0.508 e. The fourth-order valence-electron chi connectivity index (χ4n) is 3.15. The number of hydrogen-bond donors (Lipinski definition) is 2. The third kappa shape index (κ3) is 9.48. The monoisotopic (exact) mass is 469 g/mol. The Bertz CT molecular complexity index is 874. The van der Waals surface area contributed by atoms with Crippen molar-refractivity contribution in [2.24, 2.45) is 5.73 Å². The van der Waals surface area contributed by atoms with Crippen molar-refractivity contribution >= 4 is 18.8 Å². The Labute approximate surface area is 191 Å². The minimum absolute atomic E-state index is 0.0533. The van der Waals surface area contributed by atoms with Crippen molar-refractivity contribution < 1.29 is 32.6 Å². The highest BCUT2D eigenvalue weighted by Gasteiger charge is 2.32. The second kappa shape index (κ2) is 13.4. The summed E-state index contributed by atoms with van der Waals surface area (Å²) in [4.78, 5) is 24.0. The Morgan fingerprint density at radius 2 is 1.91 bits per heavy atom. The molecule has 1 aromatic carbocycles. The van der Waals surface area contributed by atoms with Crippen LogP contribution in [0.1, 0.15) is 44.0 Å². The molecule has 0 saturated heterocycles. The van der Waals surface area contributed by atoms with Crippen molar-refractivity contribution in [3.8, 4) is 11.5 Å². The Kier molecular flexibility index (Phi) is 11.3. The second-order valence-corrected chi connectivity index (χ2v) is 7.52. The molecule has 1 heterocycles. The summed E-state index contributed by atoms with van der Waals surface area (Å²) in [6, 6.07) is 8.54. The molecule has 1 aliphatic rings. The fourth-order valence-corrected chi connectivity index (χ4v) is 3.15. The molecule has 33 heavy (non-hydrogen) atoms. The Hall–Kier alpha value is -3.14. The molecule has 1 atom stereocenters. The van der Waals surface area contributed by atoms with E-state index in [2.05, 4.69) is 4.98 Å². The maximum absolute atomic E-state index is 12.8. The number of aldehydes is 1. The van der Waals surface area contributed by atoms with Gasteiger partial charge < -0.3 is 25.3 Å². The van der Waals surface area contributed by atoms with Gasteiger partial charge in [-0.05, 0) is 44.0 Å². The van der Waals surface area contributed by atoms with Crippen LogP contribution >= 0.6 is 0 Å². The molecule has 1 fully saturated rings. The molecule has 0 amide bonds. The summed E-state index contributed by atoms with van der Waals surface area (Å²) >= 11 is 0. The SMILES string of the molecule is C=O.CC(C=O)Oc1cc(O)ccc1N(C)Cc1cccc(C(F)(F)F)n1.NC1CCCC1. The van der Waals surface area contributed by atoms with Gasteiger partial charge in [-0.1, -0.05) is 18.9 Å². The van der Waals surface area contributed by atoms with Crippen LogP contribution in [0, 0.1) is 0 Å². The van der Waals surface area contributed by atoms with E-state index in [1.165, 1.54) is 56.9 Å². The molecule has 1 aliphatic carbocycles. The number of benzene rings is 1. The third-order valence-electron chi connectivity index (χ3n) is 4.76. The molecule has 10 heteroatoms. The zero-order chi connectivity index (χ0) is 25.0. The first-order valence-corrected chi connectivity index (χ1v) is 10.3. The zero-order valence-electron chi connectivity index (χ0n) is 18.7. The number of pyridine rings is 1. The predicted molar refractivity (Wildman–Crippen MR) is 119 cm³/mol. The molecule has 0 aliphatic heterocycles. The van der Waals surface area contributed by atoms with Gasteiger partial charge in [0.25, 0.3) is 0 Å². The van der Waals surface area contributed by atoms with E-state index in [-0.39, 0.29) is 23.7 Å². The number of carbonyl (C=O) groups excluding carboxylic acids is 2. The maximum atomic E-state index is 12.8. The van der Waals surface area contributed by atoms with Gasteiger partial charge in [0.2, 0.25) is 0 Å². The molecule has 0 radical (unpaired) electrons. The summed E-state index contributed by atoms with van der Waals surface area (Å²) in [7, 11) is 1.65. The average Bonchev–Trinajstić information content (AvgIpc) is 3.26. The van der Waals surface area contributed by atoms with Gasteiger partial charge in [-0.25, -0.2) is 4.98 Å². The van der Waals surface area contributed by atoms with Gasteiger partial charge in [0.15, 0.2) is 12.4 Å². The lowest BCUT2D eigenvalue weighted by molar-refractivity contribution is -0.141. The minimum atomic E-state index is -4.51. The Morgan fingerprint density at radius 3 is 2.42 bits per heavy atom. The van der Waals surface area contributed by atoms with E-state index in [9.17, 15) is 23.1 Å². The standard InChI is InChI=1S/C17H17F3N2O3.C5H11N.CH2O/c1-11(10-23)25-15-8-13(24)6-7-14(15)22(2)9-12-4-3-5-16(21-12)17(18,19)20;6-5-3-1-2-4-5;1-2/h3-8,10-11,24H,9H2,1-2H3;5H,1-4,6H2;1H2. The number of aromatic nitrogens is 1. The smallest absolute Gasteiger partial charge is 0.433 e. The van der Waals surface area contributed by atoms with Crippen LogP contribution < -0.4 is 15.4 Å². The number of ether oxygens (including phenoxy) is 1. The first kappa shape index (κ1) is 27.9. The highest BCUT2D eigenvalue weighted by Crippen LogP contribution is 2.33. The van der Waals surface area contributed by atoms with Gasteiger partial charge in [0.05, 0.1) is 17.9 Å². The molecule has 2 aromatic rings. The molecule has 3 N–H and O–H groups in total. The van der Waals surface area contributed by atoms with E-state index in [0.717, 1.165) is 6.07 Å². The predicted octanol–water partition coefficient (Wildman–Crippen LogP) is 4.11. The van der Waals surface area contributed by atoms with E-state index in [1.807, 2.05) is 6.79 Å².